The van der Waals surface area contributed by atoms with Crippen LogP contribution in [0, 0.1) is 0 Å². The van der Waals surface area contributed by atoms with E-state index in [1.807, 2.05) is 0 Å². The summed E-state index contributed by atoms with van der Waals surface area (Å²) < 4.78 is 0. The van der Waals surface area contributed by atoms with Crippen molar-refractivity contribution in [2.75, 3.05) is 15.5 Å². The van der Waals surface area contributed by atoms with Crippen molar-refractivity contribution in [2.24, 2.45) is 0 Å². The number of hydrogen-bond donors (Lipinski definition) is 2. The van der Waals surface area contributed by atoms with E-state index in [-0.39, 0.29) is 0 Å². The van der Waals surface area contributed by atoms with E-state index < -0.39 is 0 Å². The van der Waals surface area contributed by atoms with Gasteiger partial charge in [-0.1, -0.05) is 237 Å². The van der Waals surface area contributed by atoms with Gasteiger partial charge in [-0.05, 0) is 57.3 Å². The summed E-state index contributed by atoms with van der Waals surface area (Å²) in [6.07, 6.45) is 0. The molecule has 3 heteroatoms. The molecule has 0 aromatic heterocycles. The fraction of sp³-hybridized carbons (Fsp3) is 0. The number of nitrogens with one attached hydrogen (secondary N) is 2. The minimum atomic E-state index is 0.984. The van der Waals surface area contributed by atoms with Crippen molar-refractivity contribution in [2.45, 2.75) is 0 Å². The van der Waals surface area contributed by atoms with Gasteiger partial charge in [0.05, 0.1) is 22.7 Å². The van der Waals surface area contributed by atoms with Crippen molar-refractivity contribution in [3.05, 3.63) is 261 Å². The van der Waals surface area contributed by atoms with Gasteiger partial charge < -0.3 is 15.5 Å². The highest BCUT2D eigenvalue weighted by Gasteiger charge is 2.30. The number of fused-ring (bicyclic) bond motifs is 2. The molecule has 0 amide bonds. The average molecular weight is 832 g/mol. The molecule has 0 radical (unpaired) electrons. The maximum absolute atomic E-state index is 4.15. The van der Waals surface area contributed by atoms with E-state index in [0.717, 1.165) is 95.1 Å². The van der Waals surface area contributed by atoms with Gasteiger partial charge in [-0.3, -0.25) is 0 Å². The quantitative estimate of drug-likeness (QED) is 0.136. The smallest absolute Gasteiger partial charge is 0.0783 e. The van der Waals surface area contributed by atoms with Gasteiger partial charge in [-0.15, -0.1) is 0 Å². The molecule has 0 saturated heterocycles. The molecule has 2 N–H and O–H groups in total. The molecule has 0 aliphatic heterocycles. The Morgan fingerprint density at radius 3 is 0.954 bits per heavy atom. The van der Waals surface area contributed by atoms with E-state index in [1.165, 1.54) is 10.8 Å². The number of hydrogen-bond acceptors (Lipinski definition) is 3. The third-order valence-corrected chi connectivity index (χ3v) is 12.3. The molecule has 11 aromatic carbocycles. The first-order chi connectivity index (χ1) is 32.3. The Morgan fingerprint density at radius 1 is 0.246 bits per heavy atom. The monoisotopic (exact) mass is 831 g/mol. The van der Waals surface area contributed by atoms with E-state index in [2.05, 4.69) is 276 Å². The molecule has 0 aliphatic carbocycles. The van der Waals surface area contributed by atoms with Crippen molar-refractivity contribution < 1.29 is 0 Å². The van der Waals surface area contributed by atoms with E-state index in [4.69, 9.17) is 0 Å². The van der Waals surface area contributed by atoms with Gasteiger partial charge in [-0.2, -0.15) is 0 Å². The Bertz CT molecular complexity index is 3180. The lowest BCUT2D eigenvalue weighted by Crippen LogP contribution is -2.17. The van der Waals surface area contributed by atoms with Gasteiger partial charge in [-0.25, -0.2) is 0 Å². The molecule has 0 saturated carbocycles. The Labute approximate surface area is 380 Å². The lowest BCUT2D eigenvalue weighted by Gasteiger charge is -2.35. The second kappa shape index (κ2) is 17.6. The van der Waals surface area contributed by atoms with Crippen molar-refractivity contribution in [1.82, 2.24) is 0 Å². The van der Waals surface area contributed by atoms with Gasteiger partial charge in [0.25, 0.3) is 0 Å². The van der Waals surface area contributed by atoms with E-state index in [0.29, 0.717) is 0 Å². The summed E-state index contributed by atoms with van der Waals surface area (Å²) in [6, 6.07) is 93.4. The molecule has 0 heterocycles. The second-order valence-corrected chi connectivity index (χ2v) is 16.2. The molecule has 65 heavy (non-hydrogen) atoms. The maximum atomic E-state index is 4.15. The number of para-hydroxylation sites is 1. The van der Waals surface area contributed by atoms with Crippen LogP contribution in [-0.2, 0) is 0 Å². The third-order valence-electron chi connectivity index (χ3n) is 12.3. The van der Waals surface area contributed by atoms with E-state index >= 15 is 0 Å². The summed E-state index contributed by atoms with van der Waals surface area (Å²) >= 11 is 0. The number of benzene rings is 11. The van der Waals surface area contributed by atoms with Crippen LogP contribution >= 0.6 is 0 Å². The molecular weight excluding hydrogens is 787 g/mol. The van der Waals surface area contributed by atoms with Crippen LogP contribution in [0.1, 0.15) is 0 Å². The molecule has 3 nitrogen and oxygen atoms in total. The highest BCUT2D eigenvalue weighted by atomic mass is 15.2. The first-order valence-corrected chi connectivity index (χ1v) is 22.2. The fourth-order valence-corrected chi connectivity index (χ4v) is 9.20. The molecule has 0 bridgehead atoms. The minimum Gasteiger partial charge on any atom is -0.353 e. The number of anilines is 7. The summed E-state index contributed by atoms with van der Waals surface area (Å²) in [4.78, 5) is 2.50. The van der Waals surface area contributed by atoms with Crippen LogP contribution in [0.5, 0.6) is 0 Å². The lowest BCUT2D eigenvalue weighted by atomic mass is 9.91. The zero-order valence-electron chi connectivity index (χ0n) is 35.8. The lowest BCUT2D eigenvalue weighted by molar-refractivity contribution is 1.28. The Morgan fingerprint density at radius 2 is 0.554 bits per heavy atom. The Hall–Kier alpha value is -8.66. The Kier molecular flexibility index (Phi) is 10.6. The van der Waals surface area contributed by atoms with Crippen LogP contribution in [0.3, 0.4) is 0 Å². The molecule has 308 valence electrons. The summed E-state index contributed by atoms with van der Waals surface area (Å²) in [6.45, 7) is 0. The zero-order valence-corrected chi connectivity index (χ0v) is 35.8. The topological polar surface area (TPSA) is 27.3 Å². The molecule has 0 aliphatic rings. The van der Waals surface area contributed by atoms with Crippen LogP contribution in [0.15, 0.2) is 261 Å². The van der Waals surface area contributed by atoms with Crippen LogP contribution < -0.4 is 15.5 Å². The average Bonchev–Trinajstić information content (AvgIpc) is 3.38. The molecule has 0 fully saturated rings. The predicted molar refractivity (Wildman–Crippen MR) is 277 cm³/mol. The van der Waals surface area contributed by atoms with E-state index in [1.54, 1.807) is 0 Å². The summed E-state index contributed by atoms with van der Waals surface area (Å²) in [7, 11) is 0. The summed E-state index contributed by atoms with van der Waals surface area (Å²) in [5.41, 5.74) is 15.8. The number of rotatable bonds is 11. The van der Waals surface area contributed by atoms with Gasteiger partial charge >= 0.3 is 0 Å². The Balaban J connectivity index is 1.32. The largest absolute Gasteiger partial charge is 0.353 e. The zero-order chi connectivity index (χ0) is 43.4. The van der Waals surface area contributed by atoms with Crippen molar-refractivity contribution in [3.8, 4) is 44.5 Å². The van der Waals surface area contributed by atoms with Gasteiger partial charge in [0.2, 0.25) is 0 Å². The fourth-order valence-electron chi connectivity index (χ4n) is 9.20. The van der Waals surface area contributed by atoms with Crippen molar-refractivity contribution in [3.63, 3.8) is 0 Å². The first kappa shape index (κ1) is 39.2. The van der Waals surface area contributed by atoms with Crippen molar-refractivity contribution in [1.29, 1.82) is 0 Å². The van der Waals surface area contributed by atoms with Crippen LogP contribution in [0.2, 0.25) is 0 Å². The molecule has 0 unspecified atom stereocenters. The molecule has 11 aromatic rings. The predicted octanol–water partition coefficient (Wildman–Crippen LogP) is 17.6. The van der Waals surface area contributed by atoms with Crippen LogP contribution in [0.4, 0.5) is 39.8 Å². The SMILES string of the molecule is c1ccc(-c2ccc(-c3ccccc3)c(N(c3ccccc3)c3c(-c4ccccc4)ccc(-c4ccccc4)c3Nc3cccc4ccccc34)c2Nc2cccc3ccccc23)cc1. The molecule has 0 spiro atoms. The van der Waals surface area contributed by atoms with Gasteiger partial charge in [0.1, 0.15) is 0 Å². The van der Waals surface area contributed by atoms with Crippen molar-refractivity contribution >= 4 is 61.4 Å². The molecule has 11 rings (SSSR count). The normalized spacial score (nSPS) is 11.1. The molecular formula is C62H45N3. The third kappa shape index (κ3) is 7.66. The van der Waals surface area contributed by atoms with E-state index in [9.17, 15) is 0 Å². The highest BCUT2D eigenvalue weighted by molar-refractivity contribution is 6.11. The minimum absolute atomic E-state index is 0.984. The summed E-state index contributed by atoms with van der Waals surface area (Å²) in [5.74, 6) is 0. The first-order valence-electron chi connectivity index (χ1n) is 22.2. The van der Waals surface area contributed by atoms with Crippen LogP contribution in [0.25, 0.3) is 66.1 Å². The van der Waals surface area contributed by atoms with Crippen LogP contribution in [-0.4, -0.2) is 0 Å². The number of nitrogens with zero attached hydrogens (tertiary/aromatic N) is 1. The second-order valence-electron chi connectivity index (χ2n) is 16.2. The van der Waals surface area contributed by atoms with Gasteiger partial charge in [0.15, 0.2) is 0 Å². The standard InChI is InChI=1S/C62H45N3/c1-6-22-46(23-7-1)53-40-42-55(48-26-10-3-11-27-48)61(59(53)63-57-38-20-32-44-30-16-18-36-51(44)57)65(50-34-14-5-15-35-50)62-56(49-28-12-4-13-29-49)43-41-54(47-24-8-2-9-25-47)60(62)64-58-39-21-33-45-31-17-19-37-52(45)58/h1-43,63-64H. The summed E-state index contributed by atoms with van der Waals surface area (Å²) in [5, 5.41) is 12.9. The highest BCUT2D eigenvalue weighted by Crippen LogP contribution is 2.56. The maximum Gasteiger partial charge on any atom is 0.0783 e. The van der Waals surface area contributed by atoms with Gasteiger partial charge in [0, 0.05) is 50.1 Å². The molecule has 0 atom stereocenters.